The molecule has 2 aliphatic rings. The zero-order chi connectivity index (χ0) is 15.0. The Bertz CT molecular complexity index is 551. The van der Waals surface area contributed by atoms with Crippen molar-refractivity contribution in [3.8, 4) is 5.75 Å². The molecule has 2 fully saturated rings. The molecular weight excluding hydrogens is 268 g/mol. The van der Waals surface area contributed by atoms with Crippen molar-refractivity contribution in [2.24, 2.45) is 5.92 Å². The van der Waals surface area contributed by atoms with E-state index in [1.165, 1.54) is 0 Å². The highest BCUT2D eigenvalue weighted by molar-refractivity contribution is 5.97. The van der Waals surface area contributed by atoms with Gasteiger partial charge in [0.05, 0.1) is 0 Å². The smallest absolute Gasteiger partial charge is 0.246 e. The third-order valence-electron chi connectivity index (χ3n) is 4.30. The summed E-state index contributed by atoms with van der Waals surface area (Å²) in [4.78, 5) is 26.6. The van der Waals surface area contributed by atoms with Gasteiger partial charge in [-0.05, 0) is 42.9 Å². The lowest BCUT2D eigenvalue weighted by Crippen LogP contribution is -2.63. The van der Waals surface area contributed by atoms with E-state index in [9.17, 15) is 14.7 Å². The third-order valence-corrected chi connectivity index (χ3v) is 4.30. The number of phenolic OH excluding ortho intramolecular Hbond substituents is 1. The predicted molar refractivity (Wildman–Crippen MR) is 77.4 cm³/mol. The van der Waals surface area contributed by atoms with Gasteiger partial charge >= 0.3 is 0 Å². The summed E-state index contributed by atoms with van der Waals surface area (Å²) >= 11 is 0. The van der Waals surface area contributed by atoms with Crippen LogP contribution in [0.25, 0.3) is 0 Å². The Morgan fingerprint density at radius 1 is 1.24 bits per heavy atom. The normalized spacial score (nSPS) is 25.9. The number of hydrogen-bond donors (Lipinski definition) is 2. The van der Waals surface area contributed by atoms with Crippen LogP contribution in [0.3, 0.4) is 0 Å². The molecule has 2 unspecified atom stereocenters. The SMILES string of the molecule is CCC1C(=O)NC(C2CC2)C(=O)N1Cc1ccc(O)cc1. The summed E-state index contributed by atoms with van der Waals surface area (Å²) in [5.41, 5.74) is 0.920. The standard InChI is InChI=1S/C16H20N2O3/c1-2-13-15(20)17-14(11-5-6-11)16(21)18(13)9-10-3-7-12(19)8-4-10/h3-4,7-8,11,13-14,19H,2,5-6,9H2,1H3,(H,17,20). The molecule has 1 saturated carbocycles. The van der Waals surface area contributed by atoms with Gasteiger partial charge in [0.25, 0.3) is 0 Å². The summed E-state index contributed by atoms with van der Waals surface area (Å²) in [5, 5.41) is 12.2. The highest BCUT2D eigenvalue weighted by atomic mass is 16.3. The van der Waals surface area contributed by atoms with E-state index in [0.29, 0.717) is 18.9 Å². The fourth-order valence-electron chi connectivity index (χ4n) is 2.93. The first-order chi connectivity index (χ1) is 10.1. The molecule has 1 aromatic carbocycles. The van der Waals surface area contributed by atoms with Crippen molar-refractivity contribution >= 4 is 11.8 Å². The second-order valence-electron chi connectivity index (χ2n) is 5.88. The summed E-state index contributed by atoms with van der Waals surface area (Å²) in [6.07, 6.45) is 2.63. The number of nitrogens with one attached hydrogen (secondary N) is 1. The van der Waals surface area contributed by atoms with Crippen LogP contribution in [0.5, 0.6) is 5.75 Å². The summed E-state index contributed by atoms with van der Waals surface area (Å²) < 4.78 is 0. The van der Waals surface area contributed by atoms with Gasteiger partial charge in [-0.2, -0.15) is 0 Å². The zero-order valence-corrected chi connectivity index (χ0v) is 12.1. The Labute approximate surface area is 123 Å². The molecule has 1 aromatic rings. The lowest BCUT2D eigenvalue weighted by Gasteiger charge is -2.39. The molecule has 2 N–H and O–H groups in total. The van der Waals surface area contributed by atoms with Crippen LogP contribution in [0.15, 0.2) is 24.3 Å². The summed E-state index contributed by atoms with van der Waals surface area (Å²) in [6, 6.07) is 6.02. The molecule has 0 spiro atoms. The number of aromatic hydroxyl groups is 1. The first kappa shape index (κ1) is 13.9. The topological polar surface area (TPSA) is 69.6 Å². The van der Waals surface area contributed by atoms with E-state index < -0.39 is 6.04 Å². The number of phenols is 1. The number of amides is 2. The second kappa shape index (κ2) is 5.39. The quantitative estimate of drug-likeness (QED) is 0.880. The molecule has 1 saturated heterocycles. The fourth-order valence-corrected chi connectivity index (χ4v) is 2.93. The molecule has 0 bridgehead atoms. The molecule has 2 amide bonds. The Morgan fingerprint density at radius 3 is 2.48 bits per heavy atom. The molecule has 1 aliphatic heterocycles. The van der Waals surface area contributed by atoms with Crippen LogP contribution in [-0.2, 0) is 16.1 Å². The van der Waals surface area contributed by atoms with Crippen LogP contribution in [0.1, 0.15) is 31.7 Å². The second-order valence-corrected chi connectivity index (χ2v) is 5.88. The molecule has 2 atom stereocenters. The van der Waals surface area contributed by atoms with Gasteiger partial charge in [0.15, 0.2) is 0 Å². The van der Waals surface area contributed by atoms with Gasteiger partial charge in [-0.25, -0.2) is 0 Å². The van der Waals surface area contributed by atoms with Crippen LogP contribution >= 0.6 is 0 Å². The lowest BCUT2D eigenvalue weighted by molar-refractivity contribution is -0.150. The van der Waals surface area contributed by atoms with E-state index >= 15 is 0 Å². The van der Waals surface area contributed by atoms with E-state index in [1.54, 1.807) is 29.2 Å². The highest BCUT2D eigenvalue weighted by Crippen LogP contribution is 2.35. The van der Waals surface area contributed by atoms with Gasteiger partial charge in [0.1, 0.15) is 17.8 Å². The average Bonchev–Trinajstić information content (AvgIpc) is 3.29. The minimum absolute atomic E-state index is 0.0250. The number of piperazine rings is 1. The number of rotatable bonds is 4. The van der Waals surface area contributed by atoms with Crippen molar-refractivity contribution < 1.29 is 14.7 Å². The van der Waals surface area contributed by atoms with Gasteiger partial charge in [-0.3, -0.25) is 9.59 Å². The molecule has 5 heteroatoms. The fraction of sp³-hybridized carbons (Fsp3) is 0.500. The zero-order valence-electron chi connectivity index (χ0n) is 12.1. The maximum atomic E-state index is 12.7. The van der Waals surface area contributed by atoms with Gasteiger partial charge in [0, 0.05) is 6.54 Å². The molecule has 21 heavy (non-hydrogen) atoms. The van der Waals surface area contributed by atoms with E-state index in [4.69, 9.17) is 0 Å². The molecular formula is C16H20N2O3. The van der Waals surface area contributed by atoms with Gasteiger partial charge in [0.2, 0.25) is 11.8 Å². The van der Waals surface area contributed by atoms with E-state index in [0.717, 1.165) is 18.4 Å². The van der Waals surface area contributed by atoms with Crippen LogP contribution in [0.2, 0.25) is 0 Å². The van der Waals surface area contributed by atoms with Crippen molar-refractivity contribution in [3.05, 3.63) is 29.8 Å². The van der Waals surface area contributed by atoms with Crippen molar-refractivity contribution in [1.82, 2.24) is 10.2 Å². The number of carbonyl (C=O) groups excluding carboxylic acids is 2. The predicted octanol–water partition coefficient (Wildman–Crippen LogP) is 1.41. The summed E-state index contributed by atoms with van der Waals surface area (Å²) in [5.74, 6) is 0.482. The third kappa shape index (κ3) is 2.73. The average molecular weight is 288 g/mol. The van der Waals surface area contributed by atoms with Crippen molar-refractivity contribution in [1.29, 1.82) is 0 Å². The first-order valence-corrected chi connectivity index (χ1v) is 7.49. The first-order valence-electron chi connectivity index (χ1n) is 7.49. The molecule has 0 radical (unpaired) electrons. The number of carbonyl (C=O) groups is 2. The van der Waals surface area contributed by atoms with Crippen molar-refractivity contribution in [2.45, 2.75) is 44.8 Å². The molecule has 0 aromatic heterocycles. The van der Waals surface area contributed by atoms with Crippen molar-refractivity contribution in [3.63, 3.8) is 0 Å². The molecule has 5 nitrogen and oxygen atoms in total. The van der Waals surface area contributed by atoms with Crippen LogP contribution in [-0.4, -0.2) is 33.9 Å². The Morgan fingerprint density at radius 2 is 1.90 bits per heavy atom. The molecule has 112 valence electrons. The molecule has 3 rings (SSSR count). The van der Waals surface area contributed by atoms with Crippen LogP contribution < -0.4 is 5.32 Å². The maximum Gasteiger partial charge on any atom is 0.246 e. The number of benzene rings is 1. The van der Waals surface area contributed by atoms with E-state index in [-0.39, 0.29) is 23.6 Å². The summed E-state index contributed by atoms with van der Waals surface area (Å²) in [6.45, 7) is 2.33. The van der Waals surface area contributed by atoms with Gasteiger partial charge < -0.3 is 15.3 Å². The number of hydrogen-bond acceptors (Lipinski definition) is 3. The molecule has 1 aliphatic carbocycles. The monoisotopic (exact) mass is 288 g/mol. The highest BCUT2D eigenvalue weighted by Gasteiger charge is 2.46. The van der Waals surface area contributed by atoms with Crippen LogP contribution in [0.4, 0.5) is 0 Å². The minimum atomic E-state index is -0.402. The van der Waals surface area contributed by atoms with Crippen molar-refractivity contribution in [2.75, 3.05) is 0 Å². The Kier molecular flexibility index (Phi) is 3.57. The van der Waals surface area contributed by atoms with E-state index in [2.05, 4.69) is 5.32 Å². The largest absolute Gasteiger partial charge is 0.508 e. The minimum Gasteiger partial charge on any atom is -0.508 e. The van der Waals surface area contributed by atoms with Crippen LogP contribution in [0, 0.1) is 5.92 Å². The van der Waals surface area contributed by atoms with E-state index in [1.807, 2.05) is 6.92 Å². The Balaban J connectivity index is 1.82. The molecule has 1 heterocycles. The number of nitrogens with zero attached hydrogens (tertiary/aromatic N) is 1. The Hall–Kier alpha value is -2.04. The maximum absolute atomic E-state index is 12.7. The van der Waals surface area contributed by atoms with Gasteiger partial charge in [-0.15, -0.1) is 0 Å². The summed E-state index contributed by atoms with van der Waals surface area (Å²) in [7, 11) is 0. The van der Waals surface area contributed by atoms with Gasteiger partial charge in [-0.1, -0.05) is 19.1 Å². The lowest BCUT2D eigenvalue weighted by atomic mass is 10.0.